The Morgan fingerprint density at radius 3 is 3.00 bits per heavy atom. The molecule has 0 spiro atoms. The van der Waals surface area contributed by atoms with Gasteiger partial charge in [-0.25, -0.2) is 9.76 Å². The van der Waals surface area contributed by atoms with Gasteiger partial charge in [0.05, 0.1) is 11.6 Å². The molecule has 1 heterocycles. The van der Waals surface area contributed by atoms with Crippen LogP contribution in [0.3, 0.4) is 0 Å². The molecule has 0 aromatic rings. The SMILES string of the molecule is CC(Br)N1CCCOP1(=O)NCCBr. The molecule has 1 N–H and O–H groups in total. The van der Waals surface area contributed by atoms with Crippen molar-refractivity contribution in [3.63, 3.8) is 0 Å². The predicted octanol–water partition coefficient (Wildman–Crippen LogP) is 2.54. The third-order valence-corrected chi connectivity index (χ3v) is 5.54. The summed E-state index contributed by atoms with van der Waals surface area (Å²) in [7, 11) is -2.79. The van der Waals surface area contributed by atoms with Crippen molar-refractivity contribution in [2.24, 2.45) is 0 Å². The Balaban J connectivity index is 2.64. The average Bonchev–Trinajstić information content (AvgIpc) is 2.15. The summed E-state index contributed by atoms with van der Waals surface area (Å²) < 4.78 is 19.5. The van der Waals surface area contributed by atoms with Crippen LogP contribution in [-0.4, -0.2) is 34.6 Å². The third kappa shape index (κ3) is 3.29. The summed E-state index contributed by atoms with van der Waals surface area (Å²) in [6.07, 6.45) is 0.927. The molecule has 0 aromatic heterocycles. The minimum Gasteiger partial charge on any atom is -0.306 e. The van der Waals surface area contributed by atoms with Gasteiger partial charge in [-0.3, -0.25) is 4.57 Å². The molecular formula is C7H15Br2N2O2P. The van der Waals surface area contributed by atoms with Crippen molar-refractivity contribution >= 4 is 39.5 Å². The molecule has 1 aliphatic heterocycles. The molecule has 0 amide bonds. The van der Waals surface area contributed by atoms with Gasteiger partial charge in [-0.05, 0) is 13.3 Å². The number of nitrogens with one attached hydrogen (secondary N) is 1. The van der Waals surface area contributed by atoms with Crippen LogP contribution < -0.4 is 5.09 Å². The summed E-state index contributed by atoms with van der Waals surface area (Å²) in [5.74, 6) is 0. The Bertz CT molecular complexity index is 228. The monoisotopic (exact) mass is 348 g/mol. The quantitative estimate of drug-likeness (QED) is 0.481. The zero-order chi connectivity index (χ0) is 10.6. The summed E-state index contributed by atoms with van der Waals surface area (Å²) in [6.45, 7) is 3.98. The van der Waals surface area contributed by atoms with E-state index in [2.05, 4.69) is 36.9 Å². The van der Waals surface area contributed by atoms with E-state index in [4.69, 9.17) is 4.52 Å². The molecule has 0 saturated carbocycles. The highest BCUT2D eigenvalue weighted by Crippen LogP contribution is 2.51. The van der Waals surface area contributed by atoms with Crippen molar-refractivity contribution in [3.8, 4) is 0 Å². The summed E-state index contributed by atoms with van der Waals surface area (Å²) in [5.41, 5.74) is 0. The fourth-order valence-corrected chi connectivity index (χ4v) is 4.78. The van der Waals surface area contributed by atoms with Crippen LogP contribution in [0.1, 0.15) is 13.3 Å². The second-order valence-corrected chi connectivity index (χ2v) is 7.29. The van der Waals surface area contributed by atoms with Crippen LogP contribution in [0.15, 0.2) is 0 Å². The Kier molecular flexibility index (Phi) is 5.60. The molecule has 4 nitrogen and oxygen atoms in total. The number of nitrogens with zero attached hydrogens (tertiary/aromatic N) is 1. The lowest BCUT2D eigenvalue weighted by molar-refractivity contribution is 0.198. The number of hydrogen-bond donors (Lipinski definition) is 1. The van der Waals surface area contributed by atoms with Crippen LogP contribution in [-0.2, 0) is 9.09 Å². The number of alkyl halides is 2. The van der Waals surface area contributed by atoms with E-state index in [1.807, 2.05) is 11.6 Å². The van der Waals surface area contributed by atoms with Gasteiger partial charge in [-0.1, -0.05) is 31.9 Å². The molecule has 1 saturated heterocycles. The number of hydrogen-bond acceptors (Lipinski definition) is 2. The van der Waals surface area contributed by atoms with Gasteiger partial charge >= 0.3 is 7.67 Å². The van der Waals surface area contributed by atoms with E-state index in [0.29, 0.717) is 13.2 Å². The Hall–Kier alpha value is 1.07. The molecule has 14 heavy (non-hydrogen) atoms. The molecule has 84 valence electrons. The van der Waals surface area contributed by atoms with Crippen molar-refractivity contribution in [2.75, 3.05) is 25.0 Å². The molecule has 2 unspecified atom stereocenters. The number of halogens is 2. The van der Waals surface area contributed by atoms with Crippen molar-refractivity contribution in [1.82, 2.24) is 9.76 Å². The molecule has 0 aliphatic carbocycles. The van der Waals surface area contributed by atoms with Gasteiger partial charge in [0.1, 0.15) is 0 Å². The highest BCUT2D eigenvalue weighted by atomic mass is 79.9. The molecule has 7 heteroatoms. The number of rotatable bonds is 4. The summed E-state index contributed by atoms with van der Waals surface area (Å²) in [5, 5.41) is 3.73. The van der Waals surface area contributed by atoms with Crippen molar-refractivity contribution < 1.29 is 9.09 Å². The van der Waals surface area contributed by atoms with Crippen LogP contribution in [0.5, 0.6) is 0 Å². The molecule has 2 atom stereocenters. The lowest BCUT2D eigenvalue weighted by Crippen LogP contribution is -2.38. The largest absolute Gasteiger partial charge is 0.344 e. The smallest absolute Gasteiger partial charge is 0.306 e. The van der Waals surface area contributed by atoms with Crippen LogP contribution in [0.4, 0.5) is 0 Å². The van der Waals surface area contributed by atoms with Crippen molar-refractivity contribution in [2.45, 2.75) is 18.3 Å². The van der Waals surface area contributed by atoms with E-state index in [9.17, 15) is 4.57 Å². The van der Waals surface area contributed by atoms with Gasteiger partial charge in [0.15, 0.2) is 0 Å². The topological polar surface area (TPSA) is 41.6 Å². The normalized spacial score (nSPS) is 31.6. The zero-order valence-corrected chi connectivity index (χ0v) is 12.1. The van der Waals surface area contributed by atoms with Gasteiger partial charge in [0.2, 0.25) is 0 Å². The van der Waals surface area contributed by atoms with Gasteiger partial charge in [-0.15, -0.1) is 0 Å². The highest BCUT2D eigenvalue weighted by Gasteiger charge is 2.36. The molecule has 1 fully saturated rings. The average molecular weight is 350 g/mol. The van der Waals surface area contributed by atoms with Crippen LogP contribution >= 0.6 is 39.5 Å². The van der Waals surface area contributed by atoms with Crippen LogP contribution in [0.25, 0.3) is 0 Å². The maximum Gasteiger partial charge on any atom is 0.344 e. The zero-order valence-electron chi connectivity index (χ0n) is 8.08. The fraction of sp³-hybridized carbons (Fsp3) is 1.00. The van der Waals surface area contributed by atoms with E-state index in [1.165, 1.54) is 0 Å². The third-order valence-electron chi connectivity index (χ3n) is 1.95. The van der Waals surface area contributed by atoms with Gasteiger partial charge < -0.3 is 4.52 Å². The van der Waals surface area contributed by atoms with E-state index in [0.717, 1.165) is 18.3 Å². The van der Waals surface area contributed by atoms with Gasteiger partial charge in [-0.2, -0.15) is 0 Å². The lowest BCUT2D eigenvalue weighted by atomic mass is 10.4. The molecule has 1 aliphatic rings. The van der Waals surface area contributed by atoms with Gasteiger partial charge in [0, 0.05) is 18.4 Å². The van der Waals surface area contributed by atoms with E-state index >= 15 is 0 Å². The van der Waals surface area contributed by atoms with Crippen molar-refractivity contribution in [3.05, 3.63) is 0 Å². The minimum atomic E-state index is -2.79. The summed E-state index contributed by atoms with van der Waals surface area (Å²) in [4.78, 5) is 0.0662. The van der Waals surface area contributed by atoms with Crippen molar-refractivity contribution in [1.29, 1.82) is 0 Å². The summed E-state index contributed by atoms with van der Waals surface area (Å²) in [6, 6.07) is 0. The first-order valence-electron chi connectivity index (χ1n) is 4.57. The fourth-order valence-electron chi connectivity index (χ4n) is 1.33. The Morgan fingerprint density at radius 2 is 2.43 bits per heavy atom. The molecule has 0 radical (unpaired) electrons. The lowest BCUT2D eigenvalue weighted by Gasteiger charge is -2.36. The second kappa shape index (κ2) is 5.97. The summed E-state index contributed by atoms with van der Waals surface area (Å²) >= 11 is 6.71. The minimum absolute atomic E-state index is 0.0662. The van der Waals surface area contributed by atoms with Crippen LogP contribution in [0, 0.1) is 0 Å². The Morgan fingerprint density at radius 1 is 1.71 bits per heavy atom. The highest BCUT2D eigenvalue weighted by molar-refractivity contribution is 9.09. The van der Waals surface area contributed by atoms with Gasteiger partial charge in [0.25, 0.3) is 0 Å². The molecule has 0 aromatic carbocycles. The predicted molar refractivity (Wildman–Crippen MR) is 65.1 cm³/mol. The molecule has 0 bridgehead atoms. The first-order valence-corrected chi connectivity index (χ1v) is 8.18. The first-order chi connectivity index (χ1) is 6.60. The maximum atomic E-state index is 12.3. The van der Waals surface area contributed by atoms with E-state index in [1.54, 1.807) is 0 Å². The Labute approximate surface area is 102 Å². The maximum absolute atomic E-state index is 12.3. The van der Waals surface area contributed by atoms with E-state index in [-0.39, 0.29) is 4.95 Å². The molecule has 1 rings (SSSR count). The van der Waals surface area contributed by atoms with E-state index < -0.39 is 7.67 Å². The first kappa shape index (κ1) is 13.1. The van der Waals surface area contributed by atoms with Crippen LogP contribution in [0.2, 0.25) is 0 Å². The standard InChI is InChI=1S/C7H15Br2N2O2P/c1-7(9)11-5-2-6-13-14(11,12)10-4-3-8/h7H,2-6H2,1H3,(H,10,12). The second-order valence-electron chi connectivity index (χ2n) is 3.04. The molecular weight excluding hydrogens is 335 g/mol.